The van der Waals surface area contributed by atoms with Crippen molar-refractivity contribution in [3.63, 3.8) is 0 Å². The van der Waals surface area contributed by atoms with Crippen LogP contribution in [0.3, 0.4) is 0 Å². The van der Waals surface area contributed by atoms with Crippen LogP contribution in [0.1, 0.15) is 12.5 Å². The molecule has 1 atom stereocenters. The summed E-state index contributed by atoms with van der Waals surface area (Å²) in [5.41, 5.74) is 1.54. The Labute approximate surface area is 167 Å². The van der Waals surface area contributed by atoms with Crippen molar-refractivity contribution < 1.29 is 9.18 Å². The molecule has 3 aromatic rings. The average molecular weight is 399 g/mol. The molecule has 1 aliphatic heterocycles. The van der Waals surface area contributed by atoms with Crippen molar-refractivity contribution in [2.24, 2.45) is 0 Å². The Hall–Kier alpha value is -2.51. The first-order chi connectivity index (χ1) is 13.6. The van der Waals surface area contributed by atoms with Gasteiger partial charge in [0.15, 0.2) is 5.13 Å². The maximum absolute atomic E-state index is 13.7. The average Bonchev–Trinajstić information content (AvgIpc) is 3.17. The van der Waals surface area contributed by atoms with E-state index in [1.54, 1.807) is 29.5 Å². The van der Waals surface area contributed by atoms with Crippen LogP contribution in [-0.4, -0.2) is 48.0 Å². The van der Waals surface area contributed by atoms with E-state index in [2.05, 4.69) is 21.2 Å². The number of benzene rings is 2. The molecular weight excluding hydrogens is 375 g/mol. The van der Waals surface area contributed by atoms with Gasteiger partial charge in [-0.15, -0.1) is 0 Å². The SMILES string of the molecule is C[C@H](C(=O)NCc1ccccc1F)N1CCN(c2nc3ccccc3s2)CC1. The van der Waals surface area contributed by atoms with Gasteiger partial charge >= 0.3 is 0 Å². The zero-order valence-corrected chi connectivity index (χ0v) is 16.6. The topological polar surface area (TPSA) is 48.5 Å². The van der Waals surface area contributed by atoms with Gasteiger partial charge in [-0.25, -0.2) is 9.37 Å². The second-order valence-electron chi connectivity index (χ2n) is 6.97. The van der Waals surface area contributed by atoms with Crippen molar-refractivity contribution in [3.05, 3.63) is 59.9 Å². The number of carbonyl (C=O) groups is 1. The Balaban J connectivity index is 1.31. The van der Waals surface area contributed by atoms with Gasteiger partial charge in [0.2, 0.25) is 5.91 Å². The monoisotopic (exact) mass is 398 g/mol. The Kier molecular flexibility index (Phi) is 5.54. The molecule has 2 heterocycles. The first kappa shape index (κ1) is 18.8. The number of amides is 1. The van der Waals surface area contributed by atoms with Crippen molar-refractivity contribution in [2.45, 2.75) is 19.5 Å². The van der Waals surface area contributed by atoms with E-state index in [1.165, 1.54) is 10.8 Å². The number of para-hydroxylation sites is 1. The third-order valence-corrected chi connectivity index (χ3v) is 6.30. The van der Waals surface area contributed by atoms with E-state index in [9.17, 15) is 9.18 Å². The van der Waals surface area contributed by atoms with Crippen LogP contribution in [0.15, 0.2) is 48.5 Å². The molecule has 2 aromatic carbocycles. The maximum atomic E-state index is 13.7. The minimum Gasteiger partial charge on any atom is -0.351 e. The zero-order valence-electron chi connectivity index (χ0n) is 15.8. The number of piperazine rings is 1. The van der Waals surface area contributed by atoms with Gasteiger partial charge in [-0.1, -0.05) is 41.7 Å². The molecule has 0 spiro atoms. The lowest BCUT2D eigenvalue weighted by Crippen LogP contribution is -2.53. The second-order valence-corrected chi connectivity index (χ2v) is 7.98. The van der Waals surface area contributed by atoms with Gasteiger partial charge in [0.05, 0.1) is 16.3 Å². The quantitative estimate of drug-likeness (QED) is 0.717. The summed E-state index contributed by atoms with van der Waals surface area (Å²) in [6, 6.07) is 14.4. The molecule has 1 N–H and O–H groups in total. The Morgan fingerprint density at radius 3 is 2.61 bits per heavy atom. The highest BCUT2D eigenvalue weighted by Crippen LogP contribution is 2.29. The third-order valence-electron chi connectivity index (χ3n) is 5.21. The van der Waals surface area contributed by atoms with Crippen molar-refractivity contribution in [3.8, 4) is 0 Å². The van der Waals surface area contributed by atoms with E-state index in [-0.39, 0.29) is 24.3 Å². The van der Waals surface area contributed by atoms with Crippen molar-refractivity contribution >= 4 is 32.6 Å². The Morgan fingerprint density at radius 2 is 1.86 bits per heavy atom. The fourth-order valence-electron chi connectivity index (χ4n) is 3.43. The lowest BCUT2D eigenvalue weighted by molar-refractivity contribution is -0.126. The predicted octanol–water partition coefficient (Wildman–Crippen LogP) is 3.26. The van der Waals surface area contributed by atoms with Crippen LogP contribution in [0.2, 0.25) is 0 Å². The van der Waals surface area contributed by atoms with Gasteiger partial charge in [0, 0.05) is 38.3 Å². The molecule has 0 radical (unpaired) electrons. The molecule has 0 saturated carbocycles. The van der Waals surface area contributed by atoms with Gasteiger partial charge in [-0.3, -0.25) is 9.69 Å². The standard InChI is InChI=1S/C21H23FN4OS/c1-15(20(27)23-14-16-6-2-3-7-17(16)22)25-10-12-26(13-11-25)21-24-18-8-4-5-9-19(18)28-21/h2-9,15H,10-14H2,1H3,(H,23,27)/t15-/m1/s1. The second kappa shape index (κ2) is 8.24. The summed E-state index contributed by atoms with van der Waals surface area (Å²) >= 11 is 1.71. The molecule has 0 aliphatic carbocycles. The first-order valence-electron chi connectivity index (χ1n) is 9.47. The number of thiazole rings is 1. The minimum absolute atomic E-state index is 0.0725. The molecule has 1 amide bonds. The fraction of sp³-hybridized carbons (Fsp3) is 0.333. The lowest BCUT2D eigenvalue weighted by atomic mass is 10.2. The molecule has 1 saturated heterocycles. The number of aromatic nitrogens is 1. The number of nitrogens with one attached hydrogen (secondary N) is 1. The van der Waals surface area contributed by atoms with Crippen molar-refractivity contribution in [1.82, 2.24) is 15.2 Å². The van der Waals surface area contributed by atoms with E-state index >= 15 is 0 Å². The summed E-state index contributed by atoms with van der Waals surface area (Å²) in [4.78, 5) is 21.7. The van der Waals surface area contributed by atoms with Crippen molar-refractivity contribution in [1.29, 1.82) is 0 Å². The van der Waals surface area contributed by atoms with Gasteiger partial charge < -0.3 is 10.2 Å². The smallest absolute Gasteiger partial charge is 0.237 e. The maximum Gasteiger partial charge on any atom is 0.237 e. The normalized spacial score (nSPS) is 16.3. The Morgan fingerprint density at radius 1 is 1.14 bits per heavy atom. The van der Waals surface area contributed by atoms with Crippen LogP contribution < -0.4 is 10.2 Å². The molecule has 1 fully saturated rings. The third kappa shape index (κ3) is 4.00. The molecular formula is C21H23FN4OS. The molecule has 1 aromatic heterocycles. The lowest BCUT2D eigenvalue weighted by Gasteiger charge is -2.37. The molecule has 28 heavy (non-hydrogen) atoms. The number of hydrogen-bond donors (Lipinski definition) is 1. The first-order valence-corrected chi connectivity index (χ1v) is 10.3. The highest BCUT2D eigenvalue weighted by Gasteiger charge is 2.26. The van der Waals surface area contributed by atoms with E-state index in [0.717, 1.165) is 36.8 Å². The van der Waals surface area contributed by atoms with Gasteiger partial charge in [-0.05, 0) is 25.1 Å². The number of anilines is 1. The highest BCUT2D eigenvalue weighted by molar-refractivity contribution is 7.22. The molecule has 7 heteroatoms. The summed E-state index contributed by atoms with van der Waals surface area (Å²) in [5, 5.41) is 3.89. The van der Waals surface area contributed by atoms with E-state index in [0.29, 0.717) is 5.56 Å². The zero-order chi connectivity index (χ0) is 19.5. The van der Waals surface area contributed by atoms with Crippen molar-refractivity contribution in [2.75, 3.05) is 31.1 Å². The van der Waals surface area contributed by atoms with Gasteiger partial charge in [-0.2, -0.15) is 0 Å². The summed E-state index contributed by atoms with van der Waals surface area (Å²) in [6.07, 6.45) is 0. The molecule has 1 aliphatic rings. The number of fused-ring (bicyclic) bond motifs is 1. The number of rotatable bonds is 5. The van der Waals surface area contributed by atoms with E-state index in [1.807, 2.05) is 25.1 Å². The molecule has 0 unspecified atom stereocenters. The highest BCUT2D eigenvalue weighted by atomic mass is 32.1. The summed E-state index contributed by atoms with van der Waals surface area (Å²) < 4.78 is 14.9. The number of carbonyl (C=O) groups excluding carboxylic acids is 1. The predicted molar refractivity (Wildman–Crippen MR) is 111 cm³/mol. The van der Waals surface area contributed by atoms with Crippen LogP contribution in [0, 0.1) is 5.82 Å². The minimum atomic E-state index is -0.292. The van der Waals surface area contributed by atoms with Gasteiger partial charge in [0.1, 0.15) is 5.82 Å². The molecule has 0 bridgehead atoms. The largest absolute Gasteiger partial charge is 0.351 e. The molecule has 5 nitrogen and oxygen atoms in total. The summed E-state index contributed by atoms with van der Waals surface area (Å²) in [6.45, 7) is 5.38. The van der Waals surface area contributed by atoms with Gasteiger partial charge in [0.25, 0.3) is 0 Å². The van der Waals surface area contributed by atoms with E-state index < -0.39 is 0 Å². The molecule has 4 rings (SSSR count). The van der Waals surface area contributed by atoms with Crippen LogP contribution in [-0.2, 0) is 11.3 Å². The van der Waals surface area contributed by atoms with Crippen LogP contribution >= 0.6 is 11.3 Å². The summed E-state index contributed by atoms with van der Waals surface area (Å²) in [5.74, 6) is -0.364. The van der Waals surface area contributed by atoms with Crippen LogP contribution in [0.5, 0.6) is 0 Å². The van der Waals surface area contributed by atoms with Crippen LogP contribution in [0.4, 0.5) is 9.52 Å². The summed E-state index contributed by atoms with van der Waals surface area (Å²) in [7, 11) is 0. The number of halogens is 1. The fourth-order valence-corrected chi connectivity index (χ4v) is 4.45. The van der Waals surface area contributed by atoms with Crippen LogP contribution in [0.25, 0.3) is 10.2 Å². The Bertz CT molecular complexity index is 935. The number of nitrogens with zero attached hydrogens (tertiary/aromatic N) is 3. The molecule has 146 valence electrons. The number of hydrogen-bond acceptors (Lipinski definition) is 5. The van der Waals surface area contributed by atoms with E-state index in [4.69, 9.17) is 4.98 Å².